The number of rotatable bonds is 9. The number of primary amides is 2. The molecule has 0 aliphatic heterocycles. The van der Waals surface area contributed by atoms with Gasteiger partial charge in [0, 0.05) is 13.7 Å². The summed E-state index contributed by atoms with van der Waals surface area (Å²) < 4.78 is 4.86. The molecular formula is C10H18N4O6. The Balaban J connectivity index is 4.46. The van der Waals surface area contributed by atoms with Crippen molar-refractivity contribution in [2.45, 2.75) is 12.5 Å². The van der Waals surface area contributed by atoms with Crippen molar-refractivity contribution in [1.29, 1.82) is 0 Å². The van der Waals surface area contributed by atoms with Crippen LogP contribution in [0.2, 0.25) is 0 Å². The number of carbonyl (C=O) groups is 4. The smallest absolute Gasteiger partial charge is 0.318 e. The van der Waals surface area contributed by atoms with E-state index >= 15 is 0 Å². The first-order chi connectivity index (χ1) is 9.26. The van der Waals surface area contributed by atoms with E-state index in [1.807, 2.05) is 0 Å². The molecule has 0 heterocycles. The van der Waals surface area contributed by atoms with E-state index in [9.17, 15) is 19.2 Å². The standard InChI is InChI=1S/C10H18N4O6/c1-20-6(2-9(17)18)3-13-10(19)14(4-7(11)15)5-8(12)16/h6H,2-5H2,1H3,(H2,11,15)(H2,12,16)(H,13,19)(H,17,18). The van der Waals surface area contributed by atoms with Crippen molar-refractivity contribution in [2.24, 2.45) is 11.5 Å². The fourth-order valence-electron chi connectivity index (χ4n) is 1.32. The van der Waals surface area contributed by atoms with Crippen molar-refractivity contribution in [3.63, 3.8) is 0 Å². The molecule has 0 aromatic rings. The Kier molecular flexibility index (Phi) is 7.67. The molecule has 0 aromatic heterocycles. The van der Waals surface area contributed by atoms with Gasteiger partial charge < -0.3 is 31.5 Å². The third kappa shape index (κ3) is 7.87. The van der Waals surface area contributed by atoms with Gasteiger partial charge in [-0.3, -0.25) is 14.4 Å². The molecule has 10 heteroatoms. The van der Waals surface area contributed by atoms with E-state index in [1.54, 1.807) is 0 Å². The number of amides is 4. The third-order valence-electron chi connectivity index (χ3n) is 2.20. The highest BCUT2D eigenvalue weighted by molar-refractivity contribution is 5.87. The summed E-state index contributed by atoms with van der Waals surface area (Å²) in [5.41, 5.74) is 9.88. The number of aliphatic carboxylic acids is 1. The van der Waals surface area contributed by atoms with Gasteiger partial charge in [0.1, 0.15) is 13.1 Å². The van der Waals surface area contributed by atoms with Gasteiger partial charge in [-0.15, -0.1) is 0 Å². The summed E-state index contributed by atoms with van der Waals surface area (Å²) in [7, 11) is 1.30. The van der Waals surface area contributed by atoms with Crippen molar-refractivity contribution >= 4 is 23.8 Å². The maximum atomic E-state index is 11.7. The molecule has 1 atom stereocenters. The fourth-order valence-corrected chi connectivity index (χ4v) is 1.32. The molecule has 0 aliphatic carbocycles. The summed E-state index contributed by atoms with van der Waals surface area (Å²) >= 11 is 0. The van der Waals surface area contributed by atoms with Crippen LogP contribution in [-0.4, -0.2) is 66.7 Å². The Hall–Kier alpha value is -2.36. The van der Waals surface area contributed by atoms with E-state index < -0.39 is 43.0 Å². The van der Waals surface area contributed by atoms with Crippen molar-refractivity contribution in [2.75, 3.05) is 26.7 Å². The zero-order chi connectivity index (χ0) is 15.7. The first-order valence-electron chi connectivity index (χ1n) is 5.60. The minimum atomic E-state index is -1.09. The molecule has 4 amide bonds. The molecule has 0 aromatic carbocycles. The summed E-state index contributed by atoms with van der Waals surface area (Å²) in [5, 5.41) is 10.9. The number of nitrogens with zero attached hydrogens (tertiary/aromatic N) is 1. The molecule has 10 nitrogen and oxygen atoms in total. The Labute approximate surface area is 115 Å². The van der Waals surface area contributed by atoms with E-state index in [0.717, 1.165) is 4.90 Å². The second-order valence-corrected chi connectivity index (χ2v) is 3.93. The number of carbonyl (C=O) groups excluding carboxylic acids is 3. The van der Waals surface area contributed by atoms with Gasteiger partial charge in [0.2, 0.25) is 11.8 Å². The summed E-state index contributed by atoms with van der Waals surface area (Å²) in [6, 6.07) is -0.768. The van der Waals surface area contributed by atoms with Crippen LogP contribution in [0, 0.1) is 0 Å². The van der Waals surface area contributed by atoms with Crippen LogP contribution in [-0.2, 0) is 19.1 Å². The molecule has 0 saturated heterocycles. The predicted octanol–water partition coefficient (Wildman–Crippen LogP) is -2.54. The van der Waals surface area contributed by atoms with Crippen LogP contribution in [0.15, 0.2) is 0 Å². The summed E-state index contributed by atoms with van der Waals surface area (Å²) in [4.78, 5) is 44.6. The normalized spacial score (nSPS) is 11.4. The first kappa shape index (κ1) is 17.6. The van der Waals surface area contributed by atoms with Crippen LogP contribution in [0.25, 0.3) is 0 Å². The maximum absolute atomic E-state index is 11.7. The number of hydrogen-bond acceptors (Lipinski definition) is 5. The van der Waals surface area contributed by atoms with Crippen molar-refractivity contribution in [1.82, 2.24) is 10.2 Å². The Morgan fingerprint density at radius 3 is 2.05 bits per heavy atom. The van der Waals surface area contributed by atoms with E-state index in [4.69, 9.17) is 21.3 Å². The zero-order valence-electron chi connectivity index (χ0n) is 11.0. The molecule has 0 aliphatic rings. The highest BCUT2D eigenvalue weighted by atomic mass is 16.5. The molecule has 0 saturated carbocycles. The van der Waals surface area contributed by atoms with Crippen molar-refractivity contribution in [3.8, 4) is 0 Å². The van der Waals surface area contributed by atoms with Gasteiger partial charge in [-0.1, -0.05) is 0 Å². The molecule has 0 bridgehead atoms. The molecule has 0 spiro atoms. The quantitative estimate of drug-likeness (QED) is 0.365. The number of urea groups is 1. The minimum Gasteiger partial charge on any atom is -0.481 e. The average molecular weight is 290 g/mol. The largest absolute Gasteiger partial charge is 0.481 e. The SMILES string of the molecule is COC(CNC(=O)N(CC(N)=O)CC(N)=O)CC(=O)O. The monoisotopic (exact) mass is 290 g/mol. The predicted molar refractivity (Wildman–Crippen MR) is 66.4 cm³/mol. The lowest BCUT2D eigenvalue weighted by molar-refractivity contribution is -0.139. The number of nitrogens with one attached hydrogen (secondary N) is 1. The van der Waals surface area contributed by atoms with Crippen LogP contribution < -0.4 is 16.8 Å². The number of hydrogen-bond donors (Lipinski definition) is 4. The summed E-state index contributed by atoms with van der Waals surface area (Å²) in [6.45, 7) is -1.06. The van der Waals surface area contributed by atoms with Gasteiger partial charge in [0.05, 0.1) is 12.5 Å². The highest BCUT2D eigenvalue weighted by Gasteiger charge is 2.20. The van der Waals surface area contributed by atoms with Crippen LogP contribution in [0.1, 0.15) is 6.42 Å². The van der Waals surface area contributed by atoms with Gasteiger partial charge in [-0.05, 0) is 0 Å². The lowest BCUT2D eigenvalue weighted by Gasteiger charge is -2.21. The van der Waals surface area contributed by atoms with E-state index in [0.29, 0.717) is 0 Å². The van der Waals surface area contributed by atoms with Gasteiger partial charge in [0.25, 0.3) is 0 Å². The zero-order valence-corrected chi connectivity index (χ0v) is 11.0. The summed E-state index contributed by atoms with van der Waals surface area (Å²) in [5.74, 6) is -2.71. The second-order valence-electron chi connectivity index (χ2n) is 3.93. The Morgan fingerprint density at radius 2 is 1.70 bits per heavy atom. The lowest BCUT2D eigenvalue weighted by atomic mass is 10.2. The highest BCUT2D eigenvalue weighted by Crippen LogP contribution is 1.97. The molecule has 0 radical (unpaired) electrons. The van der Waals surface area contributed by atoms with Gasteiger partial charge in [-0.25, -0.2) is 4.79 Å². The Morgan fingerprint density at radius 1 is 1.20 bits per heavy atom. The second kappa shape index (κ2) is 8.69. The van der Waals surface area contributed by atoms with E-state index in [2.05, 4.69) is 5.32 Å². The molecule has 20 heavy (non-hydrogen) atoms. The number of methoxy groups -OCH3 is 1. The molecule has 114 valence electrons. The molecule has 0 rings (SSSR count). The summed E-state index contributed by atoms with van der Waals surface area (Å²) in [6.07, 6.45) is -1.04. The molecule has 0 fully saturated rings. The van der Waals surface area contributed by atoms with E-state index in [-0.39, 0.29) is 13.0 Å². The van der Waals surface area contributed by atoms with Crippen LogP contribution in [0.4, 0.5) is 4.79 Å². The number of carboxylic acids is 1. The van der Waals surface area contributed by atoms with Crippen LogP contribution in [0.5, 0.6) is 0 Å². The molecule has 6 N–H and O–H groups in total. The van der Waals surface area contributed by atoms with Gasteiger partial charge >= 0.3 is 12.0 Å². The van der Waals surface area contributed by atoms with Gasteiger partial charge in [-0.2, -0.15) is 0 Å². The fraction of sp³-hybridized carbons (Fsp3) is 0.600. The average Bonchev–Trinajstić information content (AvgIpc) is 2.31. The number of carboxylic acid groups (broad SMARTS) is 1. The number of ether oxygens (including phenoxy) is 1. The Bertz CT molecular complexity index is 370. The molecule has 1 unspecified atom stereocenters. The number of nitrogens with two attached hydrogens (primary N) is 2. The third-order valence-corrected chi connectivity index (χ3v) is 2.20. The van der Waals surface area contributed by atoms with Gasteiger partial charge in [0.15, 0.2) is 0 Å². The van der Waals surface area contributed by atoms with Crippen molar-refractivity contribution < 1.29 is 29.0 Å². The van der Waals surface area contributed by atoms with E-state index in [1.165, 1.54) is 7.11 Å². The topological polar surface area (TPSA) is 165 Å². The maximum Gasteiger partial charge on any atom is 0.318 e. The molecular weight excluding hydrogens is 272 g/mol. The minimum absolute atomic E-state index is 0.102. The van der Waals surface area contributed by atoms with Crippen molar-refractivity contribution in [3.05, 3.63) is 0 Å². The lowest BCUT2D eigenvalue weighted by Crippen LogP contribution is -2.49. The van der Waals surface area contributed by atoms with Crippen LogP contribution in [0.3, 0.4) is 0 Å². The van der Waals surface area contributed by atoms with Crippen LogP contribution >= 0.6 is 0 Å². The first-order valence-corrected chi connectivity index (χ1v) is 5.60.